The van der Waals surface area contributed by atoms with Gasteiger partial charge in [-0.2, -0.15) is 0 Å². The maximum Gasteiger partial charge on any atom is 0.307 e. The number of ether oxygens (including phenoxy) is 3. The van der Waals surface area contributed by atoms with Gasteiger partial charge in [0.25, 0.3) is 0 Å². The van der Waals surface area contributed by atoms with E-state index in [1.807, 2.05) is 18.2 Å². The molecule has 0 unspecified atom stereocenters. The molecule has 0 aliphatic carbocycles. The van der Waals surface area contributed by atoms with E-state index in [0.29, 0.717) is 31.5 Å². The summed E-state index contributed by atoms with van der Waals surface area (Å²) in [5.41, 5.74) is 0.829. The standard InChI is InChI=1S/C15H21N3O4.HI/c1-16-15(17-7-6-14(19)20-2)18-11-4-5-12-13(10-11)22-9-3-8-21-12;/h4-5,10H,3,6-9H2,1-2H3,(H2,16,17,18);1H. The third kappa shape index (κ3) is 6.12. The third-order valence-corrected chi connectivity index (χ3v) is 3.08. The van der Waals surface area contributed by atoms with E-state index in [4.69, 9.17) is 9.47 Å². The number of aliphatic imine (C=N–C) groups is 1. The van der Waals surface area contributed by atoms with Gasteiger partial charge < -0.3 is 24.8 Å². The van der Waals surface area contributed by atoms with E-state index in [9.17, 15) is 4.79 Å². The fraction of sp³-hybridized carbons (Fsp3) is 0.467. The average molecular weight is 435 g/mol. The van der Waals surface area contributed by atoms with Gasteiger partial charge in [-0.15, -0.1) is 24.0 Å². The summed E-state index contributed by atoms with van der Waals surface area (Å²) in [7, 11) is 3.03. The Morgan fingerprint density at radius 2 is 2.04 bits per heavy atom. The highest BCUT2D eigenvalue weighted by molar-refractivity contribution is 14.0. The summed E-state index contributed by atoms with van der Waals surface area (Å²) in [4.78, 5) is 15.2. The van der Waals surface area contributed by atoms with Crippen molar-refractivity contribution in [2.75, 3.05) is 39.2 Å². The van der Waals surface area contributed by atoms with Crippen molar-refractivity contribution < 1.29 is 19.0 Å². The van der Waals surface area contributed by atoms with Gasteiger partial charge in [0.15, 0.2) is 17.5 Å². The molecule has 23 heavy (non-hydrogen) atoms. The highest BCUT2D eigenvalue weighted by atomic mass is 127. The number of benzene rings is 1. The number of hydrogen-bond acceptors (Lipinski definition) is 5. The molecule has 2 N–H and O–H groups in total. The lowest BCUT2D eigenvalue weighted by Crippen LogP contribution is -2.32. The van der Waals surface area contributed by atoms with Gasteiger partial charge in [-0.05, 0) is 12.1 Å². The molecule has 0 radical (unpaired) electrons. The fourth-order valence-corrected chi connectivity index (χ4v) is 1.94. The van der Waals surface area contributed by atoms with Crippen molar-refractivity contribution >= 4 is 41.6 Å². The highest BCUT2D eigenvalue weighted by Crippen LogP contribution is 2.32. The van der Waals surface area contributed by atoms with Crippen molar-refractivity contribution in [3.05, 3.63) is 18.2 Å². The fourth-order valence-electron chi connectivity index (χ4n) is 1.94. The summed E-state index contributed by atoms with van der Waals surface area (Å²) in [6.45, 7) is 1.75. The van der Waals surface area contributed by atoms with E-state index in [-0.39, 0.29) is 36.4 Å². The molecule has 1 heterocycles. The quantitative estimate of drug-likeness (QED) is 0.326. The van der Waals surface area contributed by atoms with E-state index in [0.717, 1.165) is 17.9 Å². The van der Waals surface area contributed by atoms with E-state index in [1.54, 1.807) is 7.05 Å². The van der Waals surface area contributed by atoms with Crippen LogP contribution >= 0.6 is 24.0 Å². The van der Waals surface area contributed by atoms with E-state index in [1.165, 1.54) is 7.11 Å². The normalized spacial score (nSPS) is 13.4. The highest BCUT2D eigenvalue weighted by Gasteiger charge is 2.11. The van der Waals surface area contributed by atoms with Crippen molar-refractivity contribution in [3.8, 4) is 11.5 Å². The van der Waals surface area contributed by atoms with Gasteiger partial charge in [-0.3, -0.25) is 9.79 Å². The van der Waals surface area contributed by atoms with E-state index < -0.39 is 0 Å². The maximum absolute atomic E-state index is 11.1. The number of nitrogens with one attached hydrogen (secondary N) is 2. The van der Waals surface area contributed by atoms with Crippen molar-refractivity contribution in [2.24, 2.45) is 4.99 Å². The van der Waals surface area contributed by atoms with Crippen LogP contribution in [0.2, 0.25) is 0 Å². The first-order valence-corrected chi connectivity index (χ1v) is 7.17. The molecule has 0 saturated carbocycles. The second kappa shape index (κ2) is 10.1. The second-order valence-electron chi connectivity index (χ2n) is 4.66. The van der Waals surface area contributed by atoms with Crippen LogP contribution in [0.3, 0.4) is 0 Å². The lowest BCUT2D eigenvalue weighted by atomic mass is 10.3. The first kappa shape index (κ1) is 19.3. The van der Waals surface area contributed by atoms with Gasteiger partial charge in [0.1, 0.15) is 0 Å². The monoisotopic (exact) mass is 435 g/mol. The zero-order chi connectivity index (χ0) is 15.8. The average Bonchev–Trinajstić information content (AvgIpc) is 2.78. The number of hydrogen-bond donors (Lipinski definition) is 2. The predicted octanol–water partition coefficient (Wildman–Crippen LogP) is 2.02. The maximum atomic E-state index is 11.1. The number of halogens is 1. The first-order valence-electron chi connectivity index (χ1n) is 7.17. The molecular formula is C15H22IN3O4. The molecule has 7 nitrogen and oxygen atoms in total. The first-order chi connectivity index (χ1) is 10.7. The van der Waals surface area contributed by atoms with Crippen LogP contribution in [0.25, 0.3) is 0 Å². The van der Waals surface area contributed by atoms with E-state index in [2.05, 4.69) is 20.4 Å². The number of nitrogens with zero attached hydrogens (tertiary/aromatic N) is 1. The zero-order valence-corrected chi connectivity index (χ0v) is 15.6. The lowest BCUT2D eigenvalue weighted by molar-refractivity contribution is -0.140. The minimum atomic E-state index is -0.265. The van der Waals surface area contributed by atoms with Crippen molar-refractivity contribution in [3.63, 3.8) is 0 Å². The Hall–Kier alpha value is -1.71. The Balaban J connectivity index is 0.00000264. The van der Waals surface area contributed by atoms with Gasteiger partial charge in [0.05, 0.1) is 26.7 Å². The molecule has 1 aliphatic rings. The Kier molecular flexibility index (Phi) is 8.52. The molecule has 1 aromatic carbocycles. The molecule has 0 bridgehead atoms. The Labute approximate surface area is 152 Å². The number of esters is 1. The minimum Gasteiger partial charge on any atom is -0.490 e. The minimum absolute atomic E-state index is 0. The molecule has 0 amide bonds. The molecule has 1 aliphatic heterocycles. The molecule has 0 atom stereocenters. The SMILES string of the molecule is CN=C(NCCC(=O)OC)Nc1ccc2c(c1)OCCCO2.I. The molecule has 8 heteroatoms. The number of carbonyl (C=O) groups excluding carboxylic acids is 1. The zero-order valence-electron chi connectivity index (χ0n) is 13.3. The van der Waals surface area contributed by atoms with Crippen LogP contribution in [0.15, 0.2) is 23.2 Å². The van der Waals surface area contributed by atoms with Crippen LogP contribution in [0, 0.1) is 0 Å². The van der Waals surface area contributed by atoms with Gasteiger partial charge in [0, 0.05) is 31.8 Å². The van der Waals surface area contributed by atoms with E-state index >= 15 is 0 Å². The molecule has 0 aromatic heterocycles. The number of guanidine groups is 1. The molecular weight excluding hydrogens is 413 g/mol. The predicted molar refractivity (Wildman–Crippen MR) is 99.1 cm³/mol. The summed E-state index contributed by atoms with van der Waals surface area (Å²) >= 11 is 0. The second-order valence-corrected chi connectivity index (χ2v) is 4.66. The van der Waals surface area contributed by atoms with Gasteiger partial charge >= 0.3 is 5.97 Å². The molecule has 0 spiro atoms. The topological polar surface area (TPSA) is 81.2 Å². The number of rotatable bonds is 4. The number of fused-ring (bicyclic) bond motifs is 1. The van der Waals surface area contributed by atoms with Crippen LogP contribution in [-0.4, -0.2) is 45.8 Å². The van der Waals surface area contributed by atoms with Gasteiger partial charge in [-0.1, -0.05) is 0 Å². The third-order valence-electron chi connectivity index (χ3n) is 3.08. The molecule has 0 saturated heterocycles. The number of carbonyl (C=O) groups is 1. The summed E-state index contributed by atoms with van der Waals surface area (Å²) in [6.07, 6.45) is 1.15. The molecule has 0 fully saturated rings. The van der Waals surface area contributed by atoms with Crippen LogP contribution in [0.5, 0.6) is 11.5 Å². The molecule has 1 aromatic rings. The van der Waals surface area contributed by atoms with Crippen LogP contribution < -0.4 is 20.1 Å². The number of methoxy groups -OCH3 is 1. The largest absolute Gasteiger partial charge is 0.490 e. The van der Waals surface area contributed by atoms with Crippen molar-refractivity contribution in [2.45, 2.75) is 12.8 Å². The van der Waals surface area contributed by atoms with Crippen molar-refractivity contribution in [1.29, 1.82) is 0 Å². The smallest absolute Gasteiger partial charge is 0.307 e. The van der Waals surface area contributed by atoms with Gasteiger partial charge in [0.2, 0.25) is 0 Å². The lowest BCUT2D eigenvalue weighted by Gasteiger charge is -2.13. The van der Waals surface area contributed by atoms with Crippen molar-refractivity contribution in [1.82, 2.24) is 5.32 Å². The molecule has 2 rings (SSSR count). The number of anilines is 1. The summed E-state index contributed by atoms with van der Waals surface area (Å²) in [6, 6.07) is 5.62. The van der Waals surface area contributed by atoms with Crippen LogP contribution in [-0.2, 0) is 9.53 Å². The van der Waals surface area contributed by atoms with Gasteiger partial charge in [-0.25, -0.2) is 0 Å². The van der Waals surface area contributed by atoms with Crippen LogP contribution in [0.1, 0.15) is 12.8 Å². The summed E-state index contributed by atoms with van der Waals surface area (Å²) < 4.78 is 15.8. The Morgan fingerprint density at radius 1 is 1.30 bits per heavy atom. The Morgan fingerprint density at radius 3 is 2.74 bits per heavy atom. The molecule has 128 valence electrons. The Bertz CT molecular complexity index is 552. The van der Waals surface area contributed by atoms with Crippen LogP contribution in [0.4, 0.5) is 5.69 Å². The summed E-state index contributed by atoms with van der Waals surface area (Å²) in [5, 5.41) is 6.18. The summed E-state index contributed by atoms with van der Waals surface area (Å²) in [5.74, 6) is 1.76.